The molecule has 14 heavy (non-hydrogen) atoms. The molecule has 0 heterocycles. The van der Waals surface area contributed by atoms with Crippen molar-refractivity contribution in [1.82, 2.24) is 5.32 Å². The highest BCUT2D eigenvalue weighted by Crippen LogP contribution is 2.04. The van der Waals surface area contributed by atoms with Gasteiger partial charge in [-0.15, -0.1) is 0 Å². The van der Waals surface area contributed by atoms with E-state index in [1.807, 2.05) is 13.0 Å². The van der Waals surface area contributed by atoms with E-state index in [4.69, 9.17) is 11.0 Å². The van der Waals surface area contributed by atoms with Crippen molar-refractivity contribution >= 4 is 5.91 Å². The van der Waals surface area contributed by atoms with Crippen molar-refractivity contribution < 1.29 is 4.79 Å². The zero-order chi connectivity index (χ0) is 10.8. The number of rotatable bonds is 7. The second-order valence-electron chi connectivity index (χ2n) is 3.27. The first-order chi connectivity index (χ1) is 6.76. The zero-order valence-electron chi connectivity index (χ0n) is 8.75. The van der Waals surface area contributed by atoms with Crippen LogP contribution in [0.4, 0.5) is 0 Å². The lowest BCUT2D eigenvalue weighted by molar-refractivity contribution is -0.124. The number of carbonyl (C=O) groups is 1. The number of nitrogens with zero attached hydrogens (tertiary/aromatic N) is 1. The molecule has 0 radical (unpaired) electrons. The van der Waals surface area contributed by atoms with Crippen molar-refractivity contribution in [1.29, 1.82) is 5.26 Å². The monoisotopic (exact) mass is 197 g/mol. The van der Waals surface area contributed by atoms with Gasteiger partial charge >= 0.3 is 0 Å². The first kappa shape index (κ1) is 12.9. The Labute approximate surface area is 85.5 Å². The lowest BCUT2D eigenvalue weighted by Crippen LogP contribution is -2.35. The summed E-state index contributed by atoms with van der Waals surface area (Å²) >= 11 is 0. The fourth-order valence-electron chi connectivity index (χ4n) is 1.23. The highest BCUT2D eigenvalue weighted by Gasteiger charge is 2.14. The largest absolute Gasteiger partial charge is 0.356 e. The molecule has 4 heteroatoms. The molecule has 0 fully saturated rings. The quantitative estimate of drug-likeness (QED) is 0.592. The molecule has 4 nitrogen and oxygen atoms in total. The molecule has 0 aromatic carbocycles. The van der Waals surface area contributed by atoms with E-state index >= 15 is 0 Å². The first-order valence-electron chi connectivity index (χ1n) is 5.11. The molecular weight excluding hydrogens is 178 g/mol. The zero-order valence-corrected chi connectivity index (χ0v) is 8.75. The molecule has 1 unspecified atom stereocenters. The molecule has 3 N–H and O–H groups in total. The minimum atomic E-state index is -0.0675. The highest BCUT2D eigenvalue weighted by atomic mass is 16.1. The molecule has 0 aliphatic carbocycles. The highest BCUT2D eigenvalue weighted by molar-refractivity contribution is 5.78. The summed E-state index contributed by atoms with van der Waals surface area (Å²) in [5.41, 5.74) is 5.48. The van der Waals surface area contributed by atoms with Gasteiger partial charge in [0.2, 0.25) is 5.91 Å². The maximum absolute atomic E-state index is 11.5. The Morgan fingerprint density at radius 1 is 1.64 bits per heavy atom. The Morgan fingerprint density at radius 3 is 2.86 bits per heavy atom. The van der Waals surface area contributed by atoms with Gasteiger partial charge in [-0.1, -0.05) is 13.3 Å². The smallest absolute Gasteiger partial charge is 0.224 e. The van der Waals surface area contributed by atoms with Crippen molar-refractivity contribution in [3.8, 4) is 6.07 Å². The number of amides is 1. The topological polar surface area (TPSA) is 78.9 Å². The van der Waals surface area contributed by atoms with Gasteiger partial charge < -0.3 is 11.1 Å². The van der Waals surface area contributed by atoms with Crippen LogP contribution in [0.2, 0.25) is 0 Å². The number of nitrogens with two attached hydrogens (primary N) is 1. The summed E-state index contributed by atoms with van der Waals surface area (Å²) in [7, 11) is 0. The van der Waals surface area contributed by atoms with E-state index in [0.717, 1.165) is 12.8 Å². The van der Waals surface area contributed by atoms with E-state index in [1.165, 1.54) is 0 Å². The number of hydrogen-bond donors (Lipinski definition) is 2. The van der Waals surface area contributed by atoms with Crippen LogP contribution in [0.5, 0.6) is 0 Å². The fourth-order valence-corrected chi connectivity index (χ4v) is 1.23. The normalized spacial score (nSPS) is 11.8. The summed E-state index contributed by atoms with van der Waals surface area (Å²) in [6, 6.07) is 2.03. The molecule has 1 amide bonds. The summed E-state index contributed by atoms with van der Waals surface area (Å²) in [4.78, 5) is 11.5. The van der Waals surface area contributed by atoms with E-state index in [-0.39, 0.29) is 11.8 Å². The van der Waals surface area contributed by atoms with Crippen LogP contribution in [0.1, 0.15) is 32.6 Å². The molecule has 0 saturated carbocycles. The van der Waals surface area contributed by atoms with Crippen LogP contribution >= 0.6 is 0 Å². The molecule has 1 atom stereocenters. The van der Waals surface area contributed by atoms with Crippen LogP contribution in [-0.4, -0.2) is 19.0 Å². The van der Waals surface area contributed by atoms with Crippen molar-refractivity contribution in [3.05, 3.63) is 0 Å². The Morgan fingerprint density at radius 2 is 2.36 bits per heavy atom. The molecule has 0 aliphatic rings. The molecule has 0 aromatic rings. The molecule has 0 saturated heterocycles. The third-order valence-corrected chi connectivity index (χ3v) is 2.06. The van der Waals surface area contributed by atoms with Crippen LogP contribution in [0.15, 0.2) is 0 Å². The lowest BCUT2D eigenvalue weighted by Gasteiger charge is -2.13. The van der Waals surface area contributed by atoms with Gasteiger partial charge in [-0.3, -0.25) is 4.79 Å². The van der Waals surface area contributed by atoms with Crippen molar-refractivity contribution in [3.63, 3.8) is 0 Å². The number of nitrogens with one attached hydrogen (secondary N) is 1. The lowest BCUT2D eigenvalue weighted by atomic mass is 10.0. The van der Waals surface area contributed by atoms with Crippen LogP contribution in [0.3, 0.4) is 0 Å². The van der Waals surface area contributed by atoms with Gasteiger partial charge in [0.05, 0.1) is 12.0 Å². The Hall–Kier alpha value is -1.08. The Bertz CT molecular complexity index is 198. The number of unbranched alkanes of at least 4 members (excludes halogenated alkanes) is 1. The molecular formula is C10H19N3O. The SMILES string of the molecule is CCCC(CN)C(=O)NCCCC#N. The van der Waals surface area contributed by atoms with Gasteiger partial charge in [0.25, 0.3) is 0 Å². The fraction of sp³-hybridized carbons (Fsp3) is 0.800. The molecule has 0 aromatic heterocycles. The van der Waals surface area contributed by atoms with Crippen LogP contribution in [0.25, 0.3) is 0 Å². The number of hydrogen-bond acceptors (Lipinski definition) is 3. The third kappa shape index (κ3) is 5.55. The van der Waals surface area contributed by atoms with E-state index in [0.29, 0.717) is 25.9 Å². The number of carbonyl (C=O) groups excluding carboxylic acids is 1. The third-order valence-electron chi connectivity index (χ3n) is 2.06. The molecule has 0 rings (SSSR count). The van der Waals surface area contributed by atoms with E-state index in [2.05, 4.69) is 5.32 Å². The second-order valence-corrected chi connectivity index (χ2v) is 3.27. The minimum absolute atomic E-state index is 0.0206. The van der Waals surface area contributed by atoms with Crippen LogP contribution in [-0.2, 0) is 4.79 Å². The standard InChI is InChI=1S/C10H19N3O/c1-2-5-9(8-12)10(14)13-7-4-3-6-11/h9H,2-5,7-8,12H2,1H3,(H,13,14). The van der Waals surface area contributed by atoms with Gasteiger partial charge in [0.1, 0.15) is 0 Å². The summed E-state index contributed by atoms with van der Waals surface area (Å²) in [6.45, 7) is 3.01. The molecule has 0 spiro atoms. The Kier molecular flexibility index (Phi) is 7.86. The molecule has 0 aliphatic heterocycles. The molecule has 0 bridgehead atoms. The van der Waals surface area contributed by atoms with E-state index < -0.39 is 0 Å². The van der Waals surface area contributed by atoms with Crippen molar-refractivity contribution in [2.45, 2.75) is 32.6 Å². The van der Waals surface area contributed by atoms with Crippen molar-refractivity contribution in [2.24, 2.45) is 11.7 Å². The van der Waals surface area contributed by atoms with Gasteiger partial charge in [-0.2, -0.15) is 5.26 Å². The van der Waals surface area contributed by atoms with Gasteiger partial charge in [0, 0.05) is 19.5 Å². The average Bonchev–Trinajstić information content (AvgIpc) is 2.20. The predicted molar refractivity (Wildman–Crippen MR) is 55.3 cm³/mol. The predicted octanol–water partition coefficient (Wildman–Crippen LogP) is 0.781. The van der Waals surface area contributed by atoms with Gasteiger partial charge in [0.15, 0.2) is 0 Å². The number of nitriles is 1. The van der Waals surface area contributed by atoms with E-state index in [9.17, 15) is 4.79 Å². The summed E-state index contributed by atoms with van der Waals surface area (Å²) < 4.78 is 0. The Balaban J connectivity index is 3.65. The average molecular weight is 197 g/mol. The minimum Gasteiger partial charge on any atom is -0.356 e. The van der Waals surface area contributed by atoms with Crippen molar-refractivity contribution in [2.75, 3.05) is 13.1 Å². The van der Waals surface area contributed by atoms with Gasteiger partial charge in [-0.05, 0) is 12.8 Å². The summed E-state index contributed by atoms with van der Waals surface area (Å²) in [6.07, 6.45) is 3.00. The van der Waals surface area contributed by atoms with Gasteiger partial charge in [-0.25, -0.2) is 0 Å². The maximum Gasteiger partial charge on any atom is 0.224 e. The van der Waals surface area contributed by atoms with E-state index in [1.54, 1.807) is 0 Å². The maximum atomic E-state index is 11.5. The first-order valence-corrected chi connectivity index (χ1v) is 5.11. The molecule has 80 valence electrons. The summed E-state index contributed by atoms with van der Waals surface area (Å²) in [5, 5.41) is 11.1. The second kappa shape index (κ2) is 8.52. The van der Waals surface area contributed by atoms with Crippen LogP contribution < -0.4 is 11.1 Å². The summed E-state index contributed by atoms with van der Waals surface area (Å²) in [5.74, 6) is -0.0469. The van der Waals surface area contributed by atoms with Crippen LogP contribution in [0, 0.1) is 17.2 Å².